The number of aliphatic hydroxyl groups is 1. The fourth-order valence-electron chi connectivity index (χ4n) is 5.22. The molecule has 1 N–H and O–H groups in total. The first kappa shape index (κ1) is 22.4. The summed E-state index contributed by atoms with van der Waals surface area (Å²) in [5.74, 6) is 0. The molecular weight excluding hydrogens is 384 g/mol. The Bertz CT molecular complexity index is 791. The van der Waals surface area contributed by atoms with E-state index in [1.54, 1.807) is 0 Å². The minimum atomic E-state index is 0.258. The van der Waals surface area contributed by atoms with Crippen LogP contribution in [0.3, 0.4) is 0 Å². The van der Waals surface area contributed by atoms with Crippen molar-refractivity contribution >= 4 is 0 Å². The molecule has 0 bridgehead atoms. The van der Waals surface area contributed by atoms with Crippen LogP contribution >= 0.6 is 0 Å². The molecule has 2 aliphatic heterocycles. The van der Waals surface area contributed by atoms with Crippen LogP contribution in [0.5, 0.6) is 0 Å². The molecule has 0 saturated carbocycles. The summed E-state index contributed by atoms with van der Waals surface area (Å²) in [6.07, 6.45) is 4.52. The second kappa shape index (κ2) is 11.2. The lowest BCUT2D eigenvalue weighted by molar-refractivity contribution is 0.0127. The number of aryl methyl sites for hydroxylation is 1. The Hall–Kier alpha value is -1.79. The summed E-state index contributed by atoms with van der Waals surface area (Å²) in [6.45, 7) is 10.0. The van der Waals surface area contributed by atoms with Gasteiger partial charge in [-0.05, 0) is 63.4 Å². The molecule has 5 nitrogen and oxygen atoms in total. The SMILES string of the molecule is Cc1cccc(CN2CCN(C3CCN(CCc4ccccc4)CC3)CC2CCO)n1. The molecule has 1 unspecified atom stereocenters. The van der Waals surface area contributed by atoms with Gasteiger partial charge in [-0.15, -0.1) is 0 Å². The number of benzene rings is 1. The maximum absolute atomic E-state index is 9.66. The van der Waals surface area contributed by atoms with Gasteiger partial charge in [0.25, 0.3) is 0 Å². The number of hydrogen-bond donors (Lipinski definition) is 1. The van der Waals surface area contributed by atoms with Gasteiger partial charge in [-0.2, -0.15) is 0 Å². The third-order valence-corrected chi connectivity index (χ3v) is 7.04. The van der Waals surface area contributed by atoms with Gasteiger partial charge in [0.1, 0.15) is 0 Å². The van der Waals surface area contributed by atoms with Gasteiger partial charge in [-0.1, -0.05) is 36.4 Å². The standard InChI is InChI=1S/C26H38N4O/c1-22-6-5-9-24(27-22)20-29-17-18-30(21-26(29)13-19-31)25-11-15-28(16-12-25)14-10-23-7-3-2-4-8-23/h2-9,25-26,31H,10-21H2,1H3. The predicted molar refractivity (Wildman–Crippen MR) is 126 cm³/mol. The monoisotopic (exact) mass is 422 g/mol. The molecule has 2 aromatic rings. The second-order valence-corrected chi connectivity index (χ2v) is 9.21. The largest absolute Gasteiger partial charge is 0.396 e. The number of nitrogens with zero attached hydrogens (tertiary/aromatic N) is 4. The van der Waals surface area contributed by atoms with Crippen LogP contribution in [-0.2, 0) is 13.0 Å². The number of pyridine rings is 1. The molecule has 168 valence electrons. The first-order valence-corrected chi connectivity index (χ1v) is 12.0. The molecule has 0 spiro atoms. The number of piperazine rings is 1. The van der Waals surface area contributed by atoms with Crippen LogP contribution in [0.1, 0.15) is 36.2 Å². The lowest BCUT2D eigenvalue weighted by Gasteiger charge is -2.46. The van der Waals surface area contributed by atoms with Crippen LogP contribution in [0.4, 0.5) is 0 Å². The highest BCUT2D eigenvalue weighted by Gasteiger charge is 2.32. The minimum Gasteiger partial charge on any atom is -0.396 e. The van der Waals surface area contributed by atoms with Gasteiger partial charge in [-0.3, -0.25) is 14.8 Å². The molecule has 1 aromatic carbocycles. The van der Waals surface area contributed by atoms with Gasteiger partial charge in [0.2, 0.25) is 0 Å². The van der Waals surface area contributed by atoms with Crippen LogP contribution in [0.2, 0.25) is 0 Å². The summed E-state index contributed by atoms with van der Waals surface area (Å²) >= 11 is 0. The second-order valence-electron chi connectivity index (χ2n) is 9.21. The number of aromatic nitrogens is 1. The molecule has 1 atom stereocenters. The van der Waals surface area contributed by atoms with E-state index in [4.69, 9.17) is 4.98 Å². The Morgan fingerprint density at radius 3 is 2.52 bits per heavy atom. The smallest absolute Gasteiger partial charge is 0.0547 e. The van der Waals surface area contributed by atoms with Gasteiger partial charge < -0.3 is 10.0 Å². The first-order valence-electron chi connectivity index (χ1n) is 12.0. The molecule has 5 heteroatoms. The molecule has 31 heavy (non-hydrogen) atoms. The minimum absolute atomic E-state index is 0.258. The van der Waals surface area contributed by atoms with E-state index in [1.807, 2.05) is 0 Å². The lowest BCUT2D eigenvalue weighted by Crippen LogP contribution is -2.57. The van der Waals surface area contributed by atoms with E-state index in [0.717, 1.165) is 50.4 Å². The van der Waals surface area contributed by atoms with E-state index < -0.39 is 0 Å². The number of hydrogen-bond acceptors (Lipinski definition) is 5. The maximum Gasteiger partial charge on any atom is 0.0547 e. The summed E-state index contributed by atoms with van der Waals surface area (Å²) in [5.41, 5.74) is 3.66. The number of likely N-dealkylation sites (tertiary alicyclic amines) is 1. The molecule has 4 rings (SSSR count). The summed E-state index contributed by atoms with van der Waals surface area (Å²) < 4.78 is 0. The van der Waals surface area contributed by atoms with Crippen molar-refractivity contribution in [1.29, 1.82) is 0 Å². The third kappa shape index (κ3) is 6.36. The Morgan fingerprint density at radius 2 is 1.77 bits per heavy atom. The van der Waals surface area contributed by atoms with Crippen molar-refractivity contribution in [2.24, 2.45) is 0 Å². The number of rotatable bonds is 8. The average Bonchev–Trinajstić information content (AvgIpc) is 2.80. The molecular formula is C26H38N4O. The van der Waals surface area contributed by atoms with Gasteiger partial charge in [0, 0.05) is 57.1 Å². The summed E-state index contributed by atoms with van der Waals surface area (Å²) in [4.78, 5) is 12.6. The van der Waals surface area contributed by atoms with Crippen LogP contribution in [0.15, 0.2) is 48.5 Å². The normalized spacial score (nSPS) is 22.1. The molecule has 0 aliphatic carbocycles. The third-order valence-electron chi connectivity index (χ3n) is 7.04. The van der Waals surface area contributed by atoms with Crippen molar-refractivity contribution in [1.82, 2.24) is 19.7 Å². The van der Waals surface area contributed by atoms with Crippen LogP contribution in [0.25, 0.3) is 0 Å². The molecule has 2 saturated heterocycles. The van der Waals surface area contributed by atoms with Crippen LogP contribution in [-0.4, -0.2) is 82.7 Å². The first-order chi connectivity index (χ1) is 15.2. The quantitative estimate of drug-likeness (QED) is 0.709. The van der Waals surface area contributed by atoms with Crippen molar-refractivity contribution < 1.29 is 5.11 Å². The molecule has 2 fully saturated rings. The van der Waals surface area contributed by atoms with Crippen LogP contribution < -0.4 is 0 Å². The number of piperidine rings is 1. The lowest BCUT2D eigenvalue weighted by atomic mass is 9.99. The van der Waals surface area contributed by atoms with E-state index in [-0.39, 0.29) is 6.61 Å². The van der Waals surface area contributed by atoms with Gasteiger partial charge in [-0.25, -0.2) is 0 Å². The average molecular weight is 423 g/mol. The molecule has 2 aliphatic rings. The zero-order chi connectivity index (χ0) is 21.5. The van der Waals surface area contributed by atoms with E-state index in [9.17, 15) is 5.11 Å². The Labute approximate surface area is 187 Å². The summed E-state index contributed by atoms with van der Waals surface area (Å²) in [6, 6.07) is 18.2. The molecule has 1 aromatic heterocycles. The van der Waals surface area contributed by atoms with E-state index in [0.29, 0.717) is 12.1 Å². The van der Waals surface area contributed by atoms with Crippen molar-refractivity contribution in [3.63, 3.8) is 0 Å². The zero-order valence-electron chi connectivity index (χ0n) is 19.0. The maximum atomic E-state index is 9.66. The molecule has 3 heterocycles. The fraction of sp³-hybridized carbons (Fsp3) is 0.577. The highest BCUT2D eigenvalue weighted by atomic mass is 16.3. The van der Waals surface area contributed by atoms with Gasteiger partial charge in [0.15, 0.2) is 0 Å². The van der Waals surface area contributed by atoms with Gasteiger partial charge in [0.05, 0.1) is 5.69 Å². The number of aliphatic hydroxyl groups excluding tert-OH is 1. The molecule has 0 radical (unpaired) electrons. The zero-order valence-corrected chi connectivity index (χ0v) is 19.0. The highest BCUT2D eigenvalue weighted by Crippen LogP contribution is 2.23. The summed E-state index contributed by atoms with van der Waals surface area (Å²) in [7, 11) is 0. The molecule has 0 amide bonds. The Kier molecular flexibility index (Phi) is 8.09. The van der Waals surface area contributed by atoms with E-state index >= 15 is 0 Å². The topological polar surface area (TPSA) is 42.8 Å². The van der Waals surface area contributed by atoms with Crippen molar-refractivity contribution in [3.05, 3.63) is 65.5 Å². The predicted octanol–water partition coefficient (Wildman–Crippen LogP) is 2.97. The fourth-order valence-corrected chi connectivity index (χ4v) is 5.22. The van der Waals surface area contributed by atoms with Crippen LogP contribution in [0, 0.1) is 6.92 Å². The van der Waals surface area contributed by atoms with Crippen molar-refractivity contribution in [2.45, 2.75) is 51.2 Å². The summed E-state index contributed by atoms with van der Waals surface area (Å²) in [5, 5.41) is 9.66. The van der Waals surface area contributed by atoms with E-state index in [1.165, 1.54) is 38.0 Å². The Balaban J connectivity index is 1.26. The van der Waals surface area contributed by atoms with E-state index in [2.05, 4.69) is 70.2 Å². The van der Waals surface area contributed by atoms with Crippen molar-refractivity contribution in [3.8, 4) is 0 Å². The van der Waals surface area contributed by atoms with Crippen molar-refractivity contribution in [2.75, 3.05) is 45.9 Å². The highest BCUT2D eigenvalue weighted by molar-refractivity contribution is 5.15. The Morgan fingerprint density at radius 1 is 0.968 bits per heavy atom. The van der Waals surface area contributed by atoms with Gasteiger partial charge >= 0.3 is 0 Å².